The summed E-state index contributed by atoms with van der Waals surface area (Å²) in [5.74, 6) is 0. The van der Waals surface area contributed by atoms with Crippen molar-refractivity contribution in [1.29, 1.82) is 0 Å². The summed E-state index contributed by atoms with van der Waals surface area (Å²) in [6, 6.07) is 8.75. The van der Waals surface area contributed by atoms with Crippen LogP contribution in [0.3, 0.4) is 0 Å². The third kappa shape index (κ3) is 4.90. The van der Waals surface area contributed by atoms with Crippen molar-refractivity contribution in [2.24, 2.45) is 0 Å². The number of pyridine rings is 2. The maximum absolute atomic E-state index is 13.2. The maximum atomic E-state index is 13.2. The molecule has 0 radical (unpaired) electrons. The molecule has 0 atom stereocenters. The van der Waals surface area contributed by atoms with Crippen molar-refractivity contribution in [3.05, 3.63) is 78.6 Å². The van der Waals surface area contributed by atoms with Crippen LogP contribution >= 0.6 is 0 Å². The highest BCUT2D eigenvalue weighted by Gasteiger charge is 2.31. The molecule has 0 aliphatic carbocycles. The summed E-state index contributed by atoms with van der Waals surface area (Å²) in [4.78, 5) is 12.9. The fourth-order valence-corrected chi connectivity index (χ4v) is 4.22. The van der Waals surface area contributed by atoms with E-state index in [2.05, 4.69) is 38.0 Å². The molecule has 6 nitrogen and oxygen atoms in total. The van der Waals surface area contributed by atoms with Gasteiger partial charge in [-0.1, -0.05) is 12.1 Å². The van der Waals surface area contributed by atoms with Crippen molar-refractivity contribution in [2.45, 2.75) is 13.1 Å². The lowest BCUT2D eigenvalue weighted by atomic mass is 10.0. The van der Waals surface area contributed by atoms with Crippen LogP contribution in [0.2, 0.25) is 0 Å². The molecule has 1 aromatic carbocycles. The minimum atomic E-state index is -4.44. The Labute approximate surface area is 201 Å². The molecule has 9 heteroatoms. The molecule has 0 amide bonds. The van der Waals surface area contributed by atoms with Crippen LogP contribution in [-0.2, 0) is 6.18 Å². The lowest BCUT2D eigenvalue weighted by Gasteiger charge is -2.33. The second-order valence-corrected chi connectivity index (χ2v) is 8.86. The van der Waals surface area contributed by atoms with E-state index in [0.29, 0.717) is 11.1 Å². The monoisotopic (exact) mass is 478 g/mol. The van der Waals surface area contributed by atoms with Gasteiger partial charge >= 0.3 is 6.18 Å². The van der Waals surface area contributed by atoms with E-state index in [1.807, 2.05) is 37.6 Å². The second-order valence-electron chi connectivity index (χ2n) is 8.86. The van der Waals surface area contributed by atoms with E-state index in [9.17, 15) is 13.2 Å². The number of hydrogen-bond donors (Lipinski definition) is 0. The third-order valence-electron chi connectivity index (χ3n) is 6.36. The Balaban J connectivity index is 1.44. The molecule has 35 heavy (non-hydrogen) atoms. The van der Waals surface area contributed by atoms with Gasteiger partial charge in [-0.15, -0.1) is 0 Å². The summed E-state index contributed by atoms with van der Waals surface area (Å²) in [6.07, 6.45) is 5.23. The number of nitrogens with zero attached hydrogens (tertiary/aromatic N) is 6. The van der Waals surface area contributed by atoms with Gasteiger partial charge in [-0.3, -0.25) is 9.97 Å². The average molecular weight is 479 g/mol. The number of rotatable bonds is 4. The number of hydrogen-bond acceptors (Lipinski definition) is 5. The largest absolute Gasteiger partial charge is 0.417 e. The van der Waals surface area contributed by atoms with Crippen LogP contribution in [0.1, 0.15) is 11.1 Å². The molecule has 180 valence electrons. The number of benzene rings is 1. The average Bonchev–Trinajstić information content (AvgIpc) is 3.35. The molecule has 4 heterocycles. The quantitative estimate of drug-likeness (QED) is 0.410. The van der Waals surface area contributed by atoms with Crippen LogP contribution in [0, 0.1) is 6.92 Å². The van der Waals surface area contributed by atoms with Gasteiger partial charge in [-0.2, -0.15) is 18.3 Å². The first-order valence-electron chi connectivity index (χ1n) is 11.4. The Morgan fingerprint density at radius 2 is 1.49 bits per heavy atom. The van der Waals surface area contributed by atoms with Gasteiger partial charge in [0.25, 0.3) is 0 Å². The van der Waals surface area contributed by atoms with E-state index in [4.69, 9.17) is 0 Å². The number of anilines is 1. The summed E-state index contributed by atoms with van der Waals surface area (Å²) in [5, 5.41) is 4.54. The molecular weight excluding hydrogens is 453 g/mol. The molecule has 1 fully saturated rings. The zero-order valence-electron chi connectivity index (χ0n) is 19.5. The Kier molecular flexibility index (Phi) is 6.02. The van der Waals surface area contributed by atoms with Crippen molar-refractivity contribution < 1.29 is 13.2 Å². The van der Waals surface area contributed by atoms with Crippen molar-refractivity contribution in [3.63, 3.8) is 0 Å². The van der Waals surface area contributed by atoms with E-state index in [0.717, 1.165) is 66.5 Å². The molecule has 0 spiro atoms. The molecule has 1 aliphatic heterocycles. The van der Waals surface area contributed by atoms with Gasteiger partial charge in [0.15, 0.2) is 0 Å². The van der Waals surface area contributed by atoms with Crippen LogP contribution in [-0.4, -0.2) is 57.9 Å². The van der Waals surface area contributed by atoms with Gasteiger partial charge in [-0.05, 0) is 43.3 Å². The molecular formula is C26H25F3N6. The SMILES string of the molecule is Cc1ccc(-c2cncc(C(F)(F)F)c2)cc1-n1cc(-c2cncc(N3CCN(C)CC3)c2)cn1. The van der Waals surface area contributed by atoms with Gasteiger partial charge in [-0.25, -0.2) is 4.68 Å². The Bertz CT molecular complexity index is 1340. The second kappa shape index (κ2) is 9.14. The summed E-state index contributed by atoms with van der Waals surface area (Å²) in [5.41, 5.74) is 4.96. The zero-order valence-corrected chi connectivity index (χ0v) is 19.5. The Hall–Kier alpha value is -3.72. The first-order chi connectivity index (χ1) is 16.8. The topological polar surface area (TPSA) is 50.1 Å². The summed E-state index contributed by atoms with van der Waals surface area (Å²) >= 11 is 0. The standard InChI is InChI=1S/C26H25F3N6/c1-18-3-4-19(20-9-23(15-30-12-20)26(27,28)29)11-25(18)35-17-22(14-32-35)21-10-24(16-31-13-21)34-7-5-33(2)6-8-34/h3-4,9-17H,5-8H2,1-2H3. The van der Waals surface area contributed by atoms with Crippen molar-refractivity contribution in [1.82, 2.24) is 24.6 Å². The predicted octanol–water partition coefficient (Wildman–Crippen LogP) is 5.08. The first-order valence-corrected chi connectivity index (χ1v) is 11.4. The fourth-order valence-electron chi connectivity index (χ4n) is 4.22. The van der Waals surface area contributed by atoms with Gasteiger partial charge in [0, 0.05) is 67.7 Å². The van der Waals surface area contributed by atoms with Gasteiger partial charge < -0.3 is 9.80 Å². The van der Waals surface area contributed by atoms with E-state index in [-0.39, 0.29) is 0 Å². The highest BCUT2D eigenvalue weighted by molar-refractivity contribution is 5.69. The van der Waals surface area contributed by atoms with Crippen molar-refractivity contribution in [2.75, 3.05) is 38.1 Å². The predicted molar refractivity (Wildman–Crippen MR) is 129 cm³/mol. The van der Waals surface area contributed by atoms with Crippen molar-refractivity contribution in [3.8, 4) is 27.9 Å². The van der Waals surface area contributed by atoms with Crippen molar-refractivity contribution >= 4 is 5.69 Å². The molecule has 1 aliphatic rings. The summed E-state index contributed by atoms with van der Waals surface area (Å²) in [6.45, 7) is 5.88. The molecule has 1 saturated heterocycles. The molecule has 3 aromatic heterocycles. The van der Waals surface area contributed by atoms with Gasteiger partial charge in [0.2, 0.25) is 0 Å². The lowest BCUT2D eigenvalue weighted by molar-refractivity contribution is -0.137. The minimum Gasteiger partial charge on any atom is -0.368 e. The van der Waals surface area contributed by atoms with Crippen LogP contribution in [0.4, 0.5) is 18.9 Å². The number of alkyl halides is 3. The zero-order chi connectivity index (χ0) is 24.6. The Morgan fingerprint density at radius 1 is 0.771 bits per heavy atom. The molecule has 0 bridgehead atoms. The van der Waals surface area contributed by atoms with E-state index >= 15 is 0 Å². The number of halogens is 3. The lowest BCUT2D eigenvalue weighted by Crippen LogP contribution is -2.44. The molecule has 0 unspecified atom stereocenters. The molecule has 4 aromatic rings. The summed E-state index contributed by atoms with van der Waals surface area (Å²) in [7, 11) is 2.13. The van der Waals surface area contributed by atoms with E-state index in [1.54, 1.807) is 16.9 Å². The van der Waals surface area contributed by atoms with Crippen LogP contribution < -0.4 is 4.90 Å². The fraction of sp³-hybridized carbons (Fsp3) is 0.269. The molecule has 0 N–H and O–H groups in total. The van der Waals surface area contributed by atoms with Gasteiger partial charge in [0.1, 0.15) is 0 Å². The van der Waals surface area contributed by atoms with Crippen LogP contribution in [0.25, 0.3) is 27.9 Å². The Morgan fingerprint density at radius 3 is 2.23 bits per heavy atom. The van der Waals surface area contributed by atoms with Crippen LogP contribution in [0.5, 0.6) is 0 Å². The summed E-state index contributed by atoms with van der Waals surface area (Å²) < 4.78 is 41.2. The first kappa shape index (κ1) is 23.0. The number of aryl methyl sites for hydroxylation is 1. The van der Waals surface area contributed by atoms with E-state index in [1.165, 1.54) is 6.20 Å². The smallest absolute Gasteiger partial charge is 0.368 e. The van der Waals surface area contributed by atoms with Gasteiger partial charge in [0.05, 0.1) is 29.3 Å². The van der Waals surface area contributed by atoms with E-state index < -0.39 is 11.7 Å². The minimum absolute atomic E-state index is 0.400. The number of piperazine rings is 1. The highest BCUT2D eigenvalue weighted by atomic mass is 19.4. The molecule has 0 saturated carbocycles. The van der Waals surface area contributed by atoms with Crippen LogP contribution in [0.15, 0.2) is 67.5 Å². The number of likely N-dealkylation sites (N-methyl/N-ethyl adjacent to an activating group) is 1. The maximum Gasteiger partial charge on any atom is 0.417 e. The highest BCUT2D eigenvalue weighted by Crippen LogP contribution is 2.32. The normalized spacial score (nSPS) is 14.9. The molecule has 5 rings (SSSR count). The number of aromatic nitrogens is 4. The third-order valence-corrected chi connectivity index (χ3v) is 6.36.